The Balaban J connectivity index is 1.77. The molecule has 2 amide bonds. The van der Waals surface area contributed by atoms with Crippen molar-refractivity contribution in [1.82, 2.24) is 9.88 Å². The van der Waals surface area contributed by atoms with E-state index in [9.17, 15) is 9.59 Å². The van der Waals surface area contributed by atoms with Crippen LogP contribution in [0.2, 0.25) is 5.02 Å². The molecule has 0 aliphatic carbocycles. The second-order valence-electron chi connectivity index (χ2n) is 8.45. The topological polar surface area (TPSA) is 62.3 Å². The summed E-state index contributed by atoms with van der Waals surface area (Å²) in [6, 6.07) is 19.6. The number of aromatic nitrogens is 1. The molecule has 0 atom stereocenters. The summed E-state index contributed by atoms with van der Waals surface area (Å²) in [6.07, 6.45) is 3.13. The number of fused-ring (bicyclic) bond motifs is 1. The smallest absolute Gasteiger partial charge is 0.266 e. The van der Waals surface area contributed by atoms with Gasteiger partial charge >= 0.3 is 0 Å². The van der Waals surface area contributed by atoms with Gasteiger partial charge in [0.2, 0.25) is 5.91 Å². The summed E-state index contributed by atoms with van der Waals surface area (Å²) in [6.45, 7) is 2.94. The summed E-state index contributed by atoms with van der Waals surface area (Å²) in [5.74, 6) is -0.267. The number of hydrogen-bond acceptors (Lipinski definition) is 4. The van der Waals surface area contributed by atoms with Gasteiger partial charge in [0.25, 0.3) is 5.91 Å². The second-order valence-corrected chi connectivity index (χ2v) is 9.88. The first-order valence-electron chi connectivity index (χ1n) is 11.4. The minimum atomic E-state index is -0.221. The maximum absolute atomic E-state index is 13.6. The Kier molecular flexibility index (Phi) is 6.35. The minimum absolute atomic E-state index is 0.0465. The van der Waals surface area contributed by atoms with Crippen molar-refractivity contribution in [3.63, 3.8) is 0 Å². The number of halogens is 1. The van der Waals surface area contributed by atoms with Crippen LogP contribution < -0.4 is 5.32 Å². The Bertz CT molecular complexity index is 1360. The summed E-state index contributed by atoms with van der Waals surface area (Å²) in [4.78, 5) is 33.8. The van der Waals surface area contributed by atoms with Crippen LogP contribution in [0.25, 0.3) is 32.6 Å². The highest BCUT2D eigenvalue weighted by molar-refractivity contribution is 7.21. The summed E-state index contributed by atoms with van der Waals surface area (Å²) in [7, 11) is 0. The molecule has 0 radical (unpaired) electrons. The number of nitrogens with one attached hydrogen (secondary N) is 1. The van der Waals surface area contributed by atoms with Crippen LogP contribution in [0, 0.1) is 0 Å². The molecule has 34 heavy (non-hydrogen) atoms. The number of likely N-dealkylation sites (tertiary alicyclic amines) is 1. The number of anilines is 1. The molecule has 3 heterocycles. The number of amides is 2. The van der Waals surface area contributed by atoms with Crippen LogP contribution >= 0.6 is 22.9 Å². The zero-order valence-corrected chi connectivity index (χ0v) is 20.4. The van der Waals surface area contributed by atoms with Gasteiger partial charge < -0.3 is 10.2 Å². The molecule has 1 aliphatic heterocycles. The monoisotopic (exact) mass is 489 g/mol. The van der Waals surface area contributed by atoms with Gasteiger partial charge in [0.1, 0.15) is 9.71 Å². The van der Waals surface area contributed by atoms with E-state index in [1.165, 1.54) is 18.3 Å². The number of piperidine rings is 1. The predicted molar refractivity (Wildman–Crippen MR) is 140 cm³/mol. The maximum Gasteiger partial charge on any atom is 0.266 e. The number of benzene rings is 2. The molecular weight excluding hydrogens is 466 g/mol. The van der Waals surface area contributed by atoms with Crippen molar-refractivity contribution in [3.05, 3.63) is 70.6 Å². The van der Waals surface area contributed by atoms with Crippen molar-refractivity contribution in [1.29, 1.82) is 0 Å². The van der Waals surface area contributed by atoms with Crippen molar-refractivity contribution < 1.29 is 9.59 Å². The van der Waals surface area contributed by atoms with Crippen molar-refractivity contribution in [2.24, 2.45) is 0 Å². The molecule has 1 fully saturated rings. The highest BCUT2D eigenvalue weighted by atomic mass is 35.5. The quantitative estimate of drug-likeness (QED) is 0.340. The van der Waals surface area contributed by atoms with Crippen LogP contribution in [0.15, 0.2) is 60.7 Å². The first-order chi connectivity index (χ1) is 16.5. The minimum Gasteiger partial charge on any atom is -0.338 e. The van der Waals surface area contributed by atoms with Gasteiger partial charge in [-0.2, -0.15) is 0 Å². The first-order valence-corrected chi connectivity index (χ1v) is 12.6. The largest absolute Gasteiger partial charge is 0.338 e. The average molecular weight is 490 g/mol. The molecule has 5 rings (SSSR count). The fraction of sp³-hybridized carbons (Fsp3) is 0.222. The highest BCUT2D eigenvalue weighted by Gasteiger charge is 2.27. The predicted octanol–water partition coefficient (Wildman–Crippen LogP) is 6.87. The van der Waals surface area contributed by atoms with Crippen LogP contribution in [0.5, 0.6) is 0 Å². The average Bonchev–Trinajstić information content (AvgIpc) is 3.22. The third-order valence-electron chi connectivity index (χ3n) is 6.03. The fourth-order valence-corrected chi connectivity index (χ4v) is 5.65. The molecule has 7 heteroatoms. The van der Waals surface area contributed by atoms with E-state index in [4.69, 9.17) is 16.6 Å². The third kappa shape index (κ3) is 4.43. The molecule has 2 aromatic heterocycles. The maximum atomic E-state index is 13.6. The number of pyridine rings is 1. The van der Waals surface area contributed by atoms with Crippen molar-refractivity contribution in [2.75, 3.05) is 18.4 Å². The zero-order valence-electron chi connectivity index (χ0n) is 18.8. The van der Waals surface area contributed by atoms with Crippen LogP contribution in [0.3, 0.4) is 0 Å². The lowest BCUT2D eigenvalue weighted by molar-refractivity contribution is -0.114. The normalized spacial score (nSPS) is 13.8. The van der Waals surface area contributed by atoms with Crippen LogP contribution in [-0.4, -0.2) is 34.8 Å². The Morgan fingerprint density at radius 2 is 1.68 bits per heavy atom. The summed E-state index contributed by atoms with van der Waals surface area (Å²) >= 11 is 7.50. The Labute approximate surface area is 207 Å². The number of rotatable bonds is 4. The first kappa shape index (κ1) is 22.6. The van der Waals surface area contributed by atoms with Gasteiger partial charge in [-0.15, -0.1) is 11.3 Å². The van der Waals surface area contributed by atoms with Crippen molar-refractivity contribution in [3.8, 4) is 22.4 Å². The Morgan fingerprint density at radius 3 is 2.35 bits per heavy atom. The van der Waals surface area contributed by atoms with E-state index in [1.54, 1.807) is 0 Å². The van der Waals surface area contributed by atoms with E-state index in [0.717, 1.165) is 65.0 Å². The molecule has 1 N–H and O–H groups in total. The van der Waals surface area contributed by atoms with Gasteiger partial charge in [-0.25, -0.2) is 4.98 Å². The molecular formula is C27H24ClN3O2S. The SMILES string of the molecule is CC(=O)Nc1c(C(=O)N2CCCCC2)sc2nc(-c3ccccc3)cc(-c3ccc(Cl)cc3)c12. The molecule has 0 unspecified atom stereocenters. The van der Waals surface area contributed by atoms with Crippen LogP contribution in [0.1, 0.15) is 35.9 Å². The summed E-state index contributed by atoms with van der Waals surface area (Å²) < 4.78 is 0. The van der Waals surface area contributed by atoms with E-state index in [-0.39, 0.29) is 11.8 Å². The molecule has 5 nitrogen and oxygen atoms in total. The van der Waals surface area contributed by atoms with Gasteiger partial charge in [-0.3, -0.25) is 9.59 Å². The van der Waals surface area contributed by atoms with Crippen molar-refractivity contribution in [2.45, 2.75) is 26.2 Å². The molecule has 0 spiro atoms. The van der Waals surface area contributed by atoms with Crippen molar-refractivity contribution >= 4 is 50.7 Å². The molecule has 0 bridgehead atoms. The van der Waals surface area contributed by atoms with Gasteiger partial charge in [0.15, 0.2) is 0 Å². The lowest BCUT2D eigenvalue weighted by atomic mass is 9.99. The highest BCUT2D eigenvalue weighted by Crippen LogP contribution is 2.43. The summed E-state index contributed by atoms with van der Waals surface area (Å²) in [5.41, 5.74) is 4.18. The van der Waals surface area contributed by atoms with E-state index in [2.05, 4.69) is 5.32 Å². The van der Waals surface area contributed by atoms with Gasteiger partial charge in [0, 0.05) is 36.0 Å². The van der Waals surface area contributed by atoms with Crippen LogP contribution in [0.4, 0.5) is 5.69 Å². The number of thiophene rings is 1. The number of carbonyl (C=O) groups is 2. The lowest BCUT2D eigenvalue weighted by Gasteiger charge is -2.26. The molecule has 2 aromatic carbocycles. The van der Waals surface area contributed by atoms with E-state index >= 15 is 0 Å². The van der Waals surface area contributed by atoms with E-state index in [0.29, 0.717) is 15.6 Å². The molecule has 1 aliphatic rings. The zero-order chi connectivity index (χ0) is 23.7. The van der Waals surface area contributed by atoms with Gasteiger partial charge in [-0.1, -0.05) is 54.1 Å². The molecule has 172 valence electrons. The number of carbonyl (C=O) groups excluding carboxylic acids is 2. The van der Waals surface area contributed by atoms with Crippen LogP contribution in [-0.2, 0) is 4.79 Å². The molecule has 0 saturated carbocycles. The molecule has 4 aromatic rings. The fourth-order valence-electron chi connectivity index (χ4n) is 4.40. The Hall–Kier alpha value is -3.22. The third-order valence-corrected chi connectivity index (χ3v) is 7.35. The number of hydrogen-bond donors (Lipinski definition) is 1. The van der Waals surface area contributed by atoms with Gasteiger partial charge in [0.05, 0.1) is 11.4 Å². The second kappa shape index (κ2) is 9.57. The summed E-state index contributed by atoms with van der Waals surface area (Å²) in [5, 5.41) is 4.38. The Morgan fingerprint density at radius 1 is 0.971 bits per heavy atom. The lowest BCUT2D eigenvalue weighted by Crippen LogP contribution is -2.35. The number of nitrogens with zero attached hydrogens (tertiary/aromatic N) is 2. The van der Waals surface area contributed by atoms with E-state index < -0.39 is 0 Å². The molecule has 1 saturated heterocycles. The van der Waals surface area contributed by atoms with Gasteiger partial charge in [-0.05, 0) is 48.6 Å². The standard InChI is InChI=1S/C27H24ClN3O2S/c1-17(32)29-24-23-21(18-10-12-20(28)13-11-18)16-22(19-8-4-2-5-9-19)30-26(23)34-25(24)27(33)31-14-6-3-7-15-31/h2,4-5,8-13,16H,3,6-7,14-15H2,1H3,(H,29,32). The van der Waals surface area contributed by atoms with E-state index in [1.807, 2.05) is 65.6 Å².